The van der Waals surface area contributed by atoms with Gasteiger partial charge in [0.25, 0.3) is 10.0 Å². The Hall–Kier alpha value is -0.140. The molecule has 0 aliphatic carbocycles. The lowest BCUT2D eigenvalue weighted by Gasteiger charge is -2.32. The van der Waals surface area contributed by atoms with Gasteiger partial charge in [0.05, 0.1) is 16.5 Å². The number of hydrogen-bond donors (Lipinski definition) is 1. The van der Waals surface area contributed by atoms with Crippen LogP contribution in [-0.2, 0) is 10.0 Å². The molecule has 1 rings (SSSR count). The number of sulfonamides is 1. The van der Waals surface area contributed by atoms with E-state index in [1.165, 1.54) is 11.4 Å². The third-order valence-corrected chi connectivity index (χ3v) is 6.76. The van der Waals surface area contributed by atoms with E-state index in [9.17, 15) is 13.5 Å². The van der Waals surface area contributed by atoms with E-state index >= 15 is 0 Å². The molecule has 0 aliphatic rings. The van der Waals surface area contributed by atoms with Crippen molar-refractivity contribution in [3.63, 3.8) is 0 Å². The fraction of sp³-hybridized carbons (Fsp3) is 0.600. The van der Waals surface area contributed by atoms with E-state index in [-0.39, 0.29) is 10.8 Å². The molecule has 0 aliphatic heterocycles. The van der Waals surface area contributed by atoms with Crippen molar-refractivity contribution in [2.45, 2.75) is 30.5 Å². The first-order chi connectivity index (χ1) is 7.63. The van der Waals surface area contributed by atoms with Crippen molar-refractivity contribution in [1.82, 2.24) is 4.31 Å². The van der Waals surface area contributed by atoms with Gasteiger partial charge in [-0.1, -0.05) is 11.6 Å². The predicted molar refractivity (Wildman–Crippen MR) is 70.2 cm³/mol. The first-order valence-corrected chi connectivity index (χ1v) is 7.62. The van der Waals surface area contributed by atoms with Crippen LogP contribution in [0.15, 0.2) is 10.3 Å². The molecule has 1 aromatic rings. The van der Waals surface area contributed by atoms with Gasteiger partial charge in [0.2, 0.25) is 0 Å². The van der Waals surface area contributed by atoms with E-state index in [0.717, 1.165) is 16.9 Å². The van der Waals surface area contributed by atoms with Gasteiger partial charge in [0, 0.05) is 7.05 Å². The average Bonchev–Trinajstić information content (AvgIpc) is 2.58. The first-order valence-electron chi connectivity index (χ1n) is 4.99. The second kappa shape index (κ2) is 4.85. The lowest BCUT2D eigenvalue weighted by Crippen LogP contribution is -2.47. The molecule has 0 fully saturated rings. The van der Waals surface area contributed by atoms with E-state index in [1.807, 2.05) is 0 Å². The summed E-state index contributed by atoms with van der Waals surface area (Å²) in [5, 5.41) is 9.21. The summed E-state index contributed by atoms with van der Waals surface area (Å²) in [6.07, 6.45) is 0. The highest BCUT2D eigenvalue weighted by atomic mass is 35.5. The van der Waals surface area contributed by atoms with Crippen LogP contribution < -0.4 is 0 Å². The molecule has 0 amide bonds. The maximum Gasteiger partial charge on any atom is 0.252 e. The van der Waals surface area contributed by atoms with Gasteiger partial charge in [0.1, 0.15) is 4.21 Å². The van der Waals surface area contributed by atoms with Gasteiger partial charge in [-0.3, -0.25) is 0 Å². The predicted octanol–water partition coefficient (Wildman–Crippen LogP) is 2.10. The second-order valence-electron chi connectivity index (χ2n) is 4.47. The minimum absolute atomic E-state index is 0.198. The van der Waals surface area contributed by atoms with E-state index in [4.69, 9.17) is 11.6 Å². The summed E-state index contributed by atoms with van der Waals surface area (Å²) in [4.78, 5) is 0. The zero-order valence-electron chi connectivity index (χ0n) is 10.2. The van der Waals surface area contributed by atoms with Gasteiger partial charge in [-0.05, 0) is 32.4 Å². The van der Waals surface area contributed by atoms with Crippen LogP contribution in [0.25, 0.3) is 0 Å². The summed E-state index contributed by atoms with van der Waals surface area (Å²) in [5.74, 6) is 0. The molecule has 7 heteroatoms. The summed E-state index contributed by atoms with van der Waals surface area (Å²) in [6.45, 7) is 4.83. The van der Waals surface area contributed by atoms with Crippen LogP contribution in [0.5, 0.6) is 0 Å². The number of likely N-dealkylation sites (N-methyl/N-ethyl adjacent to an activating group) is 1. The van der Waals surface area contributed by atoms with Crippen LogP contribution in [0.1, 0.15) is 19.4 Å². The number of aryl methyl sites for hydroxylation is 1. The molecule has 17 heavy (non-hydrogen) atoms. The molecule has 1 heterocycles. The summed E-state index contributed by atoms with van der Waals surface area (Å²) < 4.78 is 26.4. The average molecular weight is 298 g/mol. The van der Waals surface area contributed by atoms with Gasteiger partial charge in [-0.2, -0.15) is 4.31 Å². The third kappa shape index (κ3) is 2.82. The van der Waals surface area contributed by atoms with Crippen LogP contribution >= 0.6 is 22.9 Å². The van der Waals surface area contributed by atoms with Crippen LogP contribution in [0.3, 0.4) is 0 Å². The minimum atomic E-state index is -3.60. The number of aliphatic hydroxyl groups is 1. The van der Waals surface area contributed by atoms with E-state index in [2.05, 4.69) is 0 Å². The largest absolute Gasteiger partial charge is 0.394 e. The van der Waals surface area contributed by atoms with Gasteiger partial charge < -0.3 is 5.11 Å². The minimum Gasteiger partial charge on any atom is -0.394 e. The van der Waals surface area contributed by atoms with Crippen molar-refractivity contribution in [3.8, 4) is 0 Å². The zero-order valence-corrected chi connectivity index (χ0v) is 12.6. The number of rotatable bonds is 4. The van der Waals surface area contributed by atoms with Gasteiger partial charge in [-0.25, -0.2) is 8.42 Å². The molecule has 4 nitrogen and oxygen atoms in total. The zero-order chi connectivity index (χ0) is 13.4. The monoisotopic (exact) mass is 297 g/mol. The quantitative estimate of drug-likeness (QED) is 0.926. The Kier molecular flexibility index (Phi) is 4.26. The second-order valence-corrected chi connectivity index (χ2v) is 8.32. The maximum absolute atomic E-state index is 12.3. The lowest BCUT2D eigenvalue weighted by molar-refractivity contribution is 0.138. The molecule has 0 atom stereocenters. The topological polar surface area (TPSA) is 57.6 Å². The number of halogens is 1. The SMILES string of the molecule is Cc1cc(S(=O)(=O)N(C)C(C)(C)CO)sc1Cl. The molecule has 98 valence electrons. The molecule has 1 aromatic heterocycles. The van der Waals surface area contributed by atoms with Crippen molar-refractivity contribution in [3.05, 3.63) is 16.0 Å². The molecular weight excluding hydrogens is 282 g/mol. The van der Waals surface area contributed by atoms with Gasteiger partial charge >= 0.3 is 0 Å². The highest BCUT2D eigenvalue weighted by Gasteiger charge is 2.34. The first kappa shape index (κ1) is 14.9. The van der Waals surface area contributed by atoms with Crippen LogP contribution in [-0.4, -0.2) is 37.0 Å². The molecular formula is C10H16ClNO3S2. The van der Waals surface area contributed by atoms with Crippen molar-refractivity contribution in [1.29, 1.82) is 0 Å². The summed E-state index contributed by atoms with van der Waals surface area (Å²) >= 11 is 6.90. The maximum atomic E-state index is 12.3. The summed E-state index contributed by atoms with van der Waals surface area (Å²) in [6, 6.07) is 1.55. The van der Waals surface area contributed by atoms with Crippen molar-refractivity contribution in [2.24, 2.45) is 0 Å². The van der Waals surface area contributed by atoms with E-state index < -0.39 is 15.6 Å². The molecule has 0 spiro atoms. The Morgan fingerprint density at radius 2 is 2.06 bits per heavy atom. The fourth-order valence-electron chi connectivity index (χ4n) is 1.12. The summed E-state index contributed by atoms with van der Waals surface area (Å²) in [7, 11) is -2.15. The normalized spacial score (nSPS) is 13.4. The molecule has 0 aromatic carbocycles. The smallest absolute Gasteiger partial charge is 0.252 e. The number of hydrogen-bond acceptors (Lipinski definition) is 4. The van der Waals surface area contributed by atoms with Crippen LogP contribution in [0, 0.1) is 6.92 Å². The van der Waals surface area contributed by atoms with Crippen molar-refractivity contribution in [2.75, 3.05) is 13.7 Å². The van der Waals surface area contributed by atoms with Crippen LogP contribution in [0.2, 0.25) is 4.34 Å². The van der Waals surface area contributed by atoms with Gasteiger partial charge in [0.15, 0.2) is 0 Å². The number of thiophene rings is 1. The highest BCUT2D eigenvalue weighted by molar-refractivity contribution is 7.91. The highest BCUT2D eigenvalue weighted by Crippen LogP contribution is 2.33. The molecule has 0 saturated carbocycles. The van der Waals surface area contributed by atoms with E-state index in [0.29, 0.717) is 4.34 Å². The third-order valence-electron chi connectivity index (χ3n) is 2.69. The Bertz CT molecular complexity index is 488. The lowest BCUT2D eigenvalue weighted by atomic mass is 10.1. The van der Waals surface area contributed by atoms with Crippen molar-refractivity contribution >= 4 is 33.0 Å². The molecule has 0 saturated heterocycles. The molecule has 0 radical (unpaired) electrons. The standard InChI is InChI=1S/C10H16ClNO3S2/c1-7-5-8(16-9(7)11)17(14,15)12(4)10(2,3)6-13/h5,13H,6H2,1-4H3. The molecule has 0 unspecified atom stereocenters. The van der Waals surface area contributed by atoms with Crippen LogP contribution in [0.4, 0.5) is 0 Å². The Morgan fingerprint density at radius 1 is 1.53 bits per heavy atom. The number of aliphatic hydroxyl groups excluding tert-OH is 1. The number of nitrogens with zero attached hydrogens (tertiary/aromatic N) is 1. The van der Waals surface area contributed by atoms with Gasteiger partial charge in [-0.15, -0.1) is 11.3 Å². The van der Waals surface area contributed by atoms with Crippen molar-refractivity contribution < 1.29 is 13.5 Å². The molecule has 1 N–H and O–H groups in total. The molecule has 0 bridgehead atoms. The Labute approximate surface area is 111 Å². The Balaban J connectivity index is 3.20. The Morgan fingerprint density at radius 3 is 2.41 bits per heavy atom. The summed E-state index contributed by atoms with van der Waals surface area (Å²) in [5.41, 5.74) is -0.103. The van der Waals surface area contributed by atoms with E-state index in [1.54, 1.807) is 26.8 Å². The fourth-order valence-corrected chi connectivity index (χ4v) is 4.50.